The number of hydrogen-bond donors (Lipinski definition) is 2. The largest absolute Gasteiger partial charge is 0.368 e. The van der Waals surface area contributed by atoms with Gasteiger partial charge in [0.2, 0.25) is 11.9 Å². The summed E-state index contributed by atoms with van der Waals surface area (Å²) in [5, 5.41) is 3.47. The number of nitrogen functional groups attached to an aromatic ring is 1. The molecule has 1 aromatic heterocycles. The minimum absolute atomic E-state index is 0.219. The Morgan fingerprint density at radius 1 is 1.23 bits per heavy atom. The number of hydrogen-bond acceptors (Lipinski definition) is 5. The highest BCUT2D eigenvalue weighted by Crippen LogP contribution is 2.38. The smallest absolute Gasteiger partial charge is 0.228 e. The molecule has 0 saturated heterocycles. The van der Waals surface area contributed by atoms with Crippen LogP contribution >= 0.6 is 0 Å². The summed E-state index contributed by atoms with van der Waals surface area (Å²) in [4.78, 5) is 13.0. The molecule has 116 valence electrons. The maximum Gasteiger partial charge on any atom is 0.228 e. The van der Waals surface area contributed by atoms with Gasteiger partial charge < -0.3 is 11.1 Å². The Balaban J connectivity index is 1.92. The van der Waals surface area contributed by atoms with Gasteiger partial charge in [-0.1, -0.05) is 44.5 Å². The predicted octanol–water partition coefficient (Wildman–Crippen LogP) is 3.23. The van der Waals surface area contributed by atoms with Crippen LogP contribution in [0.15, 0.2) is 18.2 Å². The molecular weight excluding hydrogens is 274 g/mol. The van der Waals surface area contributed by atoms with Crippen LogP contribution in [0.1, 0.15) is 55.2 Å². The van der Waals surface area contributed by atoms with Crippen molar-refractivity contribution in [2.24, 2.45) is 5.92 Å². The number of nitrogens with two attached hydrogens (primary N) is 1. The number of fused-ring (bicyclic) bond motifs is 1. The number of benzene rings is 1. The van der Waals surface area contributed by atoms with Crippen LogP contribution in [0.4, 0.5) is 11.9 Å². The molecule has 1 heterocycles. The van der Waals surface area contributed by atoms with E-state index in [0.29, 0.717) is 11.9 Å². The first kappa shape index (κ1) is 14.8. The van der Waals surface area contributed by atoms with Crippen molar-refractivity contribution in [1.29, 1.82) is 0 Å². The Labute approximate surface area is 131 Å². The molecule has 0 fully saturated rings. The molecule has 1 aliphatic rings. The van der Waals surface area contributed by atoms with E-state index in [2.05, 4.69) is 66.2 Å². The van der Waals surface area contributed by atoms with Crippen molar-refractivity contribution < 1.29 is 0 Å². The quantitative estimate of drug-likeness (QED) is 0.909. The lowest BCUT2D eigenvalue weighted by Crippen LogP contribution is -2.18. The van der Waals surface area contributed by atoms with Crippen LogP contribution in [0.5, 0.6) is 0 Å². The summed E-state index contributed by atoms with van der Waals surface area (Å²) < 4.78 is 0. The van der Waals surface area contributed by atoms with E-state index in [9.17, 15) is 0 Å². The molecule has 5 heteroatoms. The van der Waals surface area contributed by atoms with Gasteiger partial charge in [-0.25, -0.2) is 0 Å². The SMILES string of the molecule is Cc1ccc2c(c1)C(Nc1nc(N)nc(C(C)C)n1)C(C)C2. The van der Waals surface area contributed by atoms with Gasteiger partial charge in [0, 0.05) is 5.92 Å². The third-order valence-corrected chi connectivity index (χ3v) is 4.22. The zero-order valence-electron chi connectivity index (χ0n) is 13.6. The maximum absolute atomic E-state index is 5.82. The van der Waals surface area contributed by atoms with Crippen molar-refractivity contribution in [3.63, 3.8) is 0 Å². The Morgan fingerprint density at radius 2 is 2.00 bits per heavy atom. The number of rotatable bonds is 3. The van der Waals surface area contributed by atoms with Gasteiger partial charge in [-0.15, -0.1) is 0 Å². The van der Waals surface area contributed by atoms with Crippen molar-refractivity contribution in [3.05, 3.63) is 40.7 Å². The third kappa shape index (κ3) is 2.75. The molecule has 3 rings (SSSR count). The van der Waals surface area contributed by atoms with Crippen LogP contribution < -0.4 is 11.1 Å². The number of nitrogens with zero attached hydrogens (tertiary/aromatic N) is 3. The monoisotopic (exact) mass is 297 g/mol. The Hall–Kier alpha value is -2.17. The fourth-order valence-electron chi connectivity index (χ4n) is 3.05. The molecular formula is C17H23N5. The number of aryl methyl sites for hydroxylation is 1. The molecule has 0 aliphatic heterocycles. The first-order chi connectivity index (χ1) is 10.4. The summed E-state index contributed by atoms with van der Waals surface area (Å²) in [6.45, 7) is 8.48. The van der Waals surface area contributed by atoms with E-state index in [1.165, 1.54) is 16.7 Å². The normalized spacial score (nSPS) is 20.2. The van der Waals surface area contributed by atoms with Gasteiger partial charge in [-0.2, -0.15) is 15.0 Å². The molecule has 0 spiro atoms. The van der Waals surface area contributed by atoms with Crippen LogP contribution in [0.25, 0.3) is 0 Å². The summed E-state index contributed by atoms with van der Waals surface area (Å²) in [5.74, 6) is 2.29. The van der Waals surface area contributed by atoms with Crippen LogP contribution in [0.3, 0.4) is 0 Å². The van der Waals surface area contributed by atoms with E-state index in [4.69, 9.17) is 5.73 Å². The second-order valence-corrected chi connectivity index (χ2v) is 6.54. The van der Waals surface area contributed by atoms with E-state index in [1.54, 1.807) is 0 Å². The highest BCUT2D eigenvalue weighted by molar-refractivity contribution is 5.44. The summed E-state index contributed by atoms with van der Waals surface area (Å²) in [6, 6.07) is 6.87. The Bertz CT molecular complexity index is 695. The van der Waals surface area contributed by atoms with E-state index < -0.39 is 0 Å². The van der Waals surface area contributed by atoms with E-state index in [0.717, 1.165) is 12.2 Å². The van der Waals surface area contributed by atoms with Crippen molar-refractivity contribution in [2.75, 3.05) is 11.1 Å². The lowest BCUT2D eigenvalue weighted by molar-refractivity contribution is 0.538. The third-order valence-electron chi connectivity index (χ3n) is 4.22. The fourth-order valence-corrected chi connectivity index (χ4v) is 3.05. The topological polar surface area (TPSA) is 76.7 Å². The molecule has 22 heavy (non-hydrogen) atoms. The predicted molar refractivity (Wildman–Crippen MR) is 88.7 cm³/mol. The molecule has 0 amide bonds. The van der Waals surface area contributed by atoms with Gasteiger partial charge in [-0.3, -0.25) is 0 Å². The first-order valence-corrected chi connectivity index (χ1v) is 7.81. The molecule has 2 atom stereocenters. The highest BCUT2D eigenvalue weighted by atomic mass is 15.2. The van der Waals surface area contributed by atoms with Crippen LogP contribution in [-0.2, 0) is 6.42 Å². The first-order valence-electron chi connectivity index (χ1n) is 7.81. The average Bonchev–Trinajstić information content (AvgIpc) is 2.74. The number of nitrogens with one attached hydrogen (secondary N) is 1. The average molecular weight is 297 g/mol. The van der Waals surface area contributed by atoms with Crippen LogP contribution in [0, 0.1) is 12.8 Å². The van der Waals surface area contributed by atoms with E-state index >= 15 is 0 Å². The van der Waals surface area contributed by atoms with E-state index in [-0.39, 0.29) is 17.9 Å². The van der Waals surface area contributed by atoms with Gasteiger partial charge in [0.05, 0.1) is 6.04 Å². The van der Waals surface area contributed by atoms with Gasteiger partial charge in [0.25, 0.3) is 0 Å². The number of anilines is 2. The fraction of sp³-hybridized carbons (Fsp3) is 0.471. The Kier molecular flexibility index (Phi) is 3.72. The lowest BCUT2D eigenvalue weighted by atomic mass is 10.0. The standard InChI is InChI=1S/C17H23N5/c1-9(2)15-20-16(18)22-17(21-15)19-14-11(4)8-12-6-5-10(3)7-13(12)14/h5-7,9,11,14H,8H2,1-4H3,(H3,18,19,20,21,22). The molecule has 5 nitrogen and oxygen atoms in total. The second kappa shape index (κ2) is 5.55. The van der Waals surface area contributed by atoms with Gasteiger partial charge in [0.1, 0.15) is 5.82 Å². The Morgan fingerprint density at radius 3 is 2.73 bits per heavy atom. The molecule has 2 unspecified atom stereocenters. The zero-order chi connectivity index (χ0) is 15.9. The molecule has 1 aliphatic carbocycles. The van der Waals surface area contributed by atoms with Gasteiger partial charge in [0.15, 0.2) is 0 Å². The van der Waals surface area contributed by atoms with E-state index in [1.807, 2.05) is 0 Å². The summed E-state index contributed by atoms with van der Waals surface area (Å²) in [6.07, 6.45) is 1.07. The summed E-state index contributed by atoms with van der Waals surface area (Å²) in [5.41, 5.74) is 9.85. The molecule has 3 N–H and O–H groups in total. The zero-order valence-corrected chi connectivity index (χ0v) is 13.6. The highest BCUT2D eigenvalue weighted by Gasteiger charge is 2.30. The molecule has 2 aromatic rings. The molecule has 0 radical (unpaired) electrons. The summed E-state index contributed by atoms with van der Waals surface area (Å²) in [7, 11) is 0. The molecule has 0 saturated carbocycles. The van der Waals surface area contributed by atoms with Crippen molar-refractivity contribution in [1.82, 2.24) is 15.0 Å². The molecule has 1 aromatic carbocycles. The lowest BCUT2D eigenvalue weighted by Gasteiger charge is -2.19. The minimum Gasteiger partial charge on any atom is -0.368 e. The van der Waals surface area contributed by atoms with Crippen LogP contribution in [0.2, 0.25) is 0 Å². The second-order valence-electron chi connectivity index (χ2n) is 6.54. The van der Waals surface area contributed by atoms with Gasteiger partial charge >= 0.3 is 0 Å². The number of aromatic nitrogens is 3. The summed E-state index contributed by atoms with van der Waals surface area (Å²) >= 11 is 0. The van der Waals surface area contributed by atoms with Crippen LogP contribution in [-0.4, -0.2) is 15.0 Å². The maximum atomic E-state index is 5.82. The van der Waals surface area contributed by atoms with Gasteiger partial charge in [-0.05, 0) is 30.4 Å². The molecule has 0 bridgehead atoms. The minimum atomic E-state index is 0.219. The van der Waals surface area contributed by atoms with Crippen molar-refractivity contribution in [3.8, 4) is 0 Å². The van der Waals surface area contributed by atoms with Crippen molar-refractivity contribution in [2.45, 2.75) is 46.1 Å². The van der Waals surface area contributed by atoms with Crippen molar-refractivity contribution >= 4 is 11.9 Å².